The van der Waals surface area contributed by atoms with Crippen molar-refractivity contribution in [3.8, 4) is 5.88 Å². The summed E-state index contributed by atoms with van der Waals surface area (Å²) in [6, 6.07) is 11.4. The second-order valence-corrected chi connectivity index (χ2v) is 8.45. The van der Waals surface area contributed by atoms with Gasteiger partial charge in [-0.15, -0.1) is 0 Å². The zero-order valence-electron chi connectivity index (χ0n) is 19.2. The standard InChI is InChI=1S/C24H31N5O5/c1-2-34-23-18(7-8-21(27-23)28-9-11-29(12-10-28)24(32)33)22(31)26-15-20(30)19-13-16-5-3-4-6-17(16)14-25-19/h3-8,19-20,25,30H,2,9-15H2,1H3,(H,26,31)(H,32,33)/t19-,20+/m0/s1. The number of benzene rings is 1. The number of aliphatic hydroxyl groups excluding tert-OH is 1. The van der Waals surface area contributed by atoms with Crippen LogP contribution in [-0.2, 0) is 13.0 Å². The summed E-state index contributed by atoms with van der Waals surface area (Å²) >= 11 is 0. The largest absolute Gasteiger partial charge is 0.477 e. The van der Waals surface area contributed by atoms with Gasteiger partial charge in [0.2, 0.25) is 5.88 Å². The van der Waals surface area contributed by atoms with Crippen LogP contribution in [0.2, 0.25) is 0 Å². The normalized spacial score (nSPS) is 18.7. The van der Waals surface area contributed by atoms with Crippen LogP contribution in [0.3, 0.4) is 0 Å². The van der Waals surface area contributed by atoms with Crippen molar-refractivity contribution in [2.45, 2.75) is 32.0 Å². The highest BCUT2D eigenvalue weighted by atomic mass is 16.5. The van der Waals surface area contributed by atoms with Crippen molar-refractivity contribution in [1.82, 2.24) is 20.5 Å². The zero-order chi connectivity index (χ0) is 24.1. The number of carbonyl (C=O) groups is 2. The maximum atomic E-state index is 12.9. The number of pyridine rings is 1. The molecule has 2 aromatic rings. The minimum absolute atomic E-state index is 0.100. The van der Waals surface area contributed by atoms with Gasteiger partial charge in [-0.1, -0.05) is 24.3 Å². The Kier molecular flexibility index (Phi) is 7.49. The molecule has 0 saturated carbocycles. The van der Waals surface area contributed by atoms with Crippen LogP contribution in [0.15, 0.2) is 36.4 Å². The number of aromatic nitrogens is 1. The molecule has 10 heteroatoms. The first-order valence-electron chi connectivity index (χ1n) is 11.6. The molecule has 1 aromatic carbocycles. The van der Waals surface area contributed by atoms with Gasteiger partial charge in [-0.05, 0) is 36.6 Å². The predicted octanol–water partition coefficient (Wildman–Crippen LogP) is 1.09. The van der Waals surface area contributed by atoms with Crippen LogP contribution >= 0.6 is 0 Å². The van der Waals surface area contributed by atoms with Crippen LogP contribution in [0.4, 0.5) is 10.6 Å². The summed E-state index contributed by atoms with van der Waals surface area (Å²) in [5.41, 5.74) is 2.73. The number of carboxylic acid groups (broad SMARTS) is 1. The van der Waals surface area contributed by atoms with Gasteiger partial charge in [0.25, 0.3) is 5.91 Å². The lowest BCUT2D eigenvalue weighted by Crippen LogP contribution is -2.49. The maximum absolute atomic E-state index is 12.9. The Balaban J connectivity index is 1.37. The lowest BCUT2D eigenvalue weighted by atomic mass is 9.93. The Labute approximate surface area is 198 Å². The predicted molar refractivity (Wildman–Crippen MR) is 126 cm³/mol. The SMILES string of the molecule is CCOc1nc(N2CCN(C(=O)O)CC2)ccc1C(=O)NC[C@@H](O)[C@@H]1Cc2ccccc2CN1. The number of carbonyl (C=O) groups excluding carboxylic acids is 1. The van der Waals surface area contributed by atoms with E-state index in [9.17, 15) is 14.7 Å². The fourth-order valence-corrected chi connectivity index (χ4v) is 4.34. The van der Waals surface area contributed by atoms with E-state index >= 15 is 0 Å². The fourth-order valence-electron chi connectivity index (χ4n) is 4.34. The molecule has 182 valence electrons. The van der Waals surface area contributed by atoms with Crippen LogP contribution in [0.1, 0.15) is 28.4 Å². The molecule has 1 saturated heterocycles. The van der Waals surface area contributed by atoms with Gasteiger partial charge in [0.05, 0.1) is 12.7 Å². The summed E-state index contributed by atoms with van der Waals surface area (Å²) in [7, 11) is 0. The van der Waals surface area contributed by atoms with Gasteiger partial charge in [-0.25, -0.2) is 4.79 Å². The molecule has 1 aromatic heterocycles. The molecule has 0 bridgehead atoms. The molecule has 2 aliphatic heterocycles. The van der Waals surface area contributed by atoms with Gasteiger partial charge in [0.1, 0.15) is 11.4 Å². The Bertz CT molecular complexity index is 1020. The van der Waals surface area contributed by atoms with E-state index in [0.717, 1.165) is 0 Å². The highest BCUT2D eigenvalue weighted by Crippen LogP contribution is 2.23. The summed E-state index contributed by atoms with van der Waals surface area (Å²) in [6.07, 6.45) is -0.974. The second-order valence-electron chi connectivity index (χ2n) is 8.45. The van der Waals surface area contributed by atoms with Gasteiger partial charge in [-0.3, -0.25) is 4.79 Å². The maximum Gasteiger partial charge on any atom is 0.407 e. The van der Waals surface area contributed by atoms with Crippen LogP contribution in [0.5, 0.6) is 5.88 Å². The van der Waals surface area contributed by atoms with E-state index in [0.29, 0.717) is 57.1 Å². The molecular formula is C24H31N5O5. The lowest BCUT2D eigenvalue weighted by molar-refractivity contribution is 0.0865. The Morgan fingerprint density at radius 1 is 1.18 bits per heavy atom. The number of nitrogens with zero attached hydrogens (tertiary/aromatic N) is 3. The molecule has 34 heavy (non-hydrogen) atoms. The van der Waals surface area contributed by atoms with E-state index in [1.54, 1.807) is 12.1 Å². The first-order chi connectivity index (χ1) is 16.5. The molecule has 0 radical (unpaired) electrons. The number of piperazine rings is 1. The first kappa shape index (κ1) is 23.8. The third-order valence-electron chi connectivity index (χ3n) is 6.29. The van der Waals surface area contributed by atoms with Crippen molar-refractivity contribution < 1.29 is 24.5 Å². The van der Waals surface area contributed by atoms with Crippen molar-refractivity contribution in [2.75, 3.05) is 44.2 Å². The average Bonchev–Trinajstić information content (AvgIpc) is 2.87. The number of fused-ring (bicyclic) bond motifs is 1. The van der Waals surface area contributed by atoms with Crippen molar-refractivity contribution in [1.29, 1.82) is 0 Å². The van der Waals surface area contributed by atoms with Crippen LogP contribution in [0, 0.1) is 0 Å². The van der Waals surface area contributed by atoms with Crippen LogP contribution in [0.25, 0.3) is 0 Å². The van der Waals surface area contributed by atoms with E-state index in [1.165, 1.54) is 16.0 Å². The molecule has 1 fully saturated rings. The van der Waals surface area contributed by atoms with Gasteiger partial charge in [-0.2, -0.15) is 4.98 Å². The quantitative estimate of drug-likeness (QED) is 0.475. The lowest BCUT2D eigenvalue weighted by Gasteiger charge is -2.34. The van der Waals surface area contributed by atoms with E-state index in [1.807, 2.05) is 24.0 Å². The molecule has 2 aliphatic rings. The molecule has 2 atom stereocenters. The van der Waals surface area contributed by atoms with Crippen molar-refractivity contribution in [3.63, 3.8) is 0 Å². The number of aliphatic hydroxyl groups is 1. The number of hydrogen-bond donors (Lipinski definition) is 4. The van der Waals surface area contributed by atoms with Crippen LogP contribution < -0.4 is 20.3 Å². The molecule has 4 N–H and O–H groups in total. The number of amides is 2. The molecule has 0 spiro atoms. The Morgan fingerprint density at radius 3 is 2.62 bits per heavy atom. The molecule has 0 aliphatic carbocycles. The fraction of sp³-hybridized carbons (Fsp3) is 0.458. The van der Waals surface area contributed by atoms with Gasteiger partial charge in [0.15, 0.2) is 0 Å². The number of hydrogen-bond acceptors (Lipinski definition) is 7. The molecule has 3 heterocycles. The highest BCUT2D eigenvalue weighted by Gasteiger charge is 2.26. The zero-order valence-corrected chi connectivity index (χ0v) is 19.2. The average molecular weight is 470 g/mol. The number of nitrogens with one attached hydrogen (secondary N) is 2. The number of ether oxygens (including phenoxy) is 1. The number of anilines is 1. The summed E-state index contributed by atoms with van der Waals surface area (Å²) in [5.74, 6) is 0.487. The topological polar surface area (TPSA) is 127 Å². The van der Waals surface area contributed by atoms with Crippen molar-refractivity contribution in [3.05, 3.63) is 53.1 Å². The monoisotopic (exact) mass is 469 g/mol. The Hall–Kier alpha value is -3.37. The molecular weight excluding hydrogens is 438 g/mol. The van der Waals surface area contributed by atoms with E-state index in [-0.39, 0.29) is 24.4 Å². The molecule has 0 unspecified atom stereocenters. The molecule has 10 nitrogen and oxygen atoms in total. The third kappa shape index (κ3) is 5.40. The molecule has 2 amide bonds. The van der Waals surface area contributed by atoms with E-state index in [4.69, 9.17) is 9.84 Å². The van der Waals surface area contributed by atoms with Gasteiger partial charge < -0.3 is 35.4 Å². The van der Waals surface area contributed by atoms with Crippen molar-refractivity contribution in [2.24, 2.45) is 0 Å². The van der Waals surface area contributed by atoms with Gasteiger partial charge in [0, 0.05) is 45.3 Å². The minimum atomic E-state index is -0.926. The van der Waals surface area contributed by atoms with Crippen LogP contribution in [-0.4, -0.2) is 83.6 Å². The number of rotatable bonds is 7. The molecule has 4 rings (SSSR count). The van der Waals surface area contributed by atoms with Gasteiger partial charge >= 0.3 is 6.09 Å². The third-order valence-corrected chi connectivity index (χ3v) is 6.29. The minimum Gasteiger partial charge on any atom is -0.477 e. The summed E-state index contributed by atoms with van der Waals surface area (Å²) in [4.78, 5) is 31.9. The summed E-state index contributed by atoms with van der Waals surface area (Å²) in [6.45, 7) is 4.76. The highest BCUT2D eigenvalue weighted by molar-refractivity contribution is 5.96. The smallest absolute Gasteiger partial charge is 0.407 e. The summed E-state index contributed by atoms with van der Waals surface area (Å²) < 4.78 is 5.63. The second kappa shape index (κ2) is 10.7. The Morgan fingerprint density at radius 2 is 1.91 bits per heavy atom. The van der Waals surface area contributed by atoms with E-state index < -0.39 is 12.2 Å². The van der Waals surface area contributed by atoms with Crippen molar-refractivity contribution >= 4 is 17.8 Å². The first-order valence-corrected chi connectivity index (χ1v) is 11.6. The van der Waals surface area contributed by atoms with E-state index in [2.05, 4.69) is 27.8 Å². The summed E-state index contributed by atoms with van der Waals surface area (Å²) in [5, 5.41) is 25.9.